The first-order valence-electron chi connectivity index (χ1n) is 3.91. The van der Waals surface area contributed by atoms with Crippen LogP contribution in [0.4, 0.5) is 0 Å². The summed E-state index contributed by atoms with van der Waals surface area (Å²) in [4.78, 5) is 0. The third kappa shape index (κ3) is 73.6. The van der Waals surface area contributed by atoms with Crippen LogP contribution in [-0.2, 0) is 0 Å². The monoisotopic (exact) mass is 136 g/mol. The first kappa shape index (κ1) is 16.9. The Labute approximate surface area is 79.0 Å². The minimum Gasteiger partial charge on any atom is -0.323 e. The van der Waals surface area contributed by atoms with Crippen LogP contribution in [0.5, 0.6) is 0 Å². The van der Waals surface area contributed by atoms with Crippen molar-refractivity contribution in [2.24, 2.45) is 0 Å². The summed E-state index contributed by atoms with van der Waals surface area (Å²) in [5, 5.41) is 0. The van der Waals surface area contributed by atoms with Gasteiger partial charge in [0.05, 0.1) is 0 Å². The zero-order valence-electron chi connectivity index (χ0n) is 8.62. The van der Waals surface area contributed by atoms with Crippen molar-refractivity contribution in [2.45, 2.75) is 53.9 Å². The van der Waals surface area contributed by atoms with Crippen molar-refractivity contribution < 1.29 is 18.9 Å². The Morgan fingerprint density at radius 1 is 0.900 bits per heavy atom. The van der Waals surface area contributed by atoms with E-state index in [0.29, 0.717) is 0 Å². The van der Waals surface area contributed by atoms with E-state index >= 15 is 0 Å². The van der Waals surface area contributed by atoms with Crippen LogP contribution >= 0.6 is 0 Å². The number of hydrogen-bond donors (Lipinski definition) is 0. The number of unbranched alkanes of at least 4 members (excludes halogenated alkanes) is 2. The van der Waals surface area contributed by atoms with Gasteiger partial charge >= 0.3 is 18.9 Å². The molecule has 0 aliphatic rings. The fraction of sp³-hybridized carbons (Fsp3) is 0.889. The van der Waals surface area contributed by atoms with Crippen LogP contribution in [0.2, 0.25) is 0 Å². The molecule has 10 heavy (non-hydrogen) atoms. The van der Waals surface area contributed by atoms with Gasteiger partial charge in [-0.15, -0.1) is 0 Å². The Hall–Kier alpha value is 0.597. The Kier molecular flexibility index (Phi) is 27.6. The standard InChI is InChI=1S/C5H12.C4H9.Li/c1-3-5-4-2;1-4(2)3;/h3-5H2,1-2H3;1-3H3;/q;-1;+1. The first-order valence-corrected chi connectivity index (χ1v) is 3.91. The molecule has 0 saturated heterocycles. The van der Waals surface area contributed by atoms with Crippen LogP contribution in [0.15, 0.2) is 0 Å². The van der Waals surface area contributed by atoms with Crippen molar-refractivity contribution in [1.29, 1.82) is 0 Å². The maximum absolute atomic E-state index is 2.21. The molecule has 0 fully saturated rings. The van der Waals surface area contributed by atoms with Gasteiger partial charge < -0.3 is 5.92 Å². The molecule has 0 aromatic carbocycles. The second kappa shape index (κ2) is 16.3. The number of rotatable bonds is 2. The molecule has 0 aliphatic heterocycles. The van der Waals surface area contributed by atoms with Crippen molar-refractivity contribution in [3.63, 3.8) is 0 Å². The summed E-state index contributed by atoms with van der Waals surface area (Å²) in [5.74, 6) is 1.42. The molecule has 0 rings (SSSR count). The van der Waals surface area contributed by atoms with Crippen molar-refractivity contribution >= 4 is 0 Å². The second-order valence-electron chi connectivity index (χ2n) is 2.85. The van der Waals surface area contributed by atoms with Gasteiger partial charge in [0, 0.05) is 0 Å². The van der Waals surface area contributed by atoms with Gasteiger partial charge in [-0.05, 0) is 0 Å². The van der Waals surface area contributed by atoms with E-state index in [-0.39, 0.29) is 18.9 Å². The molecule has 0 nitrogen and oxygen atoms in total. The molecular weight excluding hydrogens is 115 g/mol. The van der Waals surface area contributed by atoms with Gasteiger partial charge in [-0.25, -0.2) is 0 Å². The molecule has 58 valence electrons. The fourth-order valence-electron chi connectivity index (χ4n) is 0.354. The van der Waals surface area contributed by atoms with Crippen LogP contribution in [0.25, 0.3) is 0 Å². The molecule has 0 unspecified atom stereocenters. The summed E-state index contributed by atoms with van der Waals surface area (Å²) in [7, 11) is 0. The normalized spacial score (nSPS) is 7.80. The Bertz CT molecular complexity index is 29.0. The van der Waals surface area contributed by atoms with E-state index in [0.717, 1.165) is 0 Å². The molecule has 0 radical (unpaired) electrons. The van der Waals surface area contributed by atoms with Gasteiger partial charge in [0.15, 0.2) is 0 Å². The number of hydrogen-bond acceptors (Lipinski definition) is 0. The Morgan fingerprint density at radius 3 is 1.10 bits per heavy atom. The minimum atomic E-state index is 0. The molecule has 0 aromatic heterocycles. The third-order valence-corrected chi connectivity index (χ3v) is 0.707. The maximum Gasteiger partial charge on any atom is 1.00 e. The van der Waals surface area contributed by atoms with Gasteiger partial charge in [-0.1, -0.05) is 33.1 Å². The van der Waals surface area contributed by atoms with E-state index < -0.39 is 0 Å². The smallest absolute Gasteiger partial charge is 0.323 e. The molecule has 1 heteroatoms. The molecular formula is C9H21Li. The van der Waals surface area contributed by atoms with Crippen LogP contribution < -0.4 is 18.9 Å². The Morgan fingerprint density at radius 2 is 1.10 bits per heavy atom. The molecule has 0 atom stereocenters. The summed E-state index contributed by atoms with van der Waals surface area (Å²) in [6.45, 7) is 10.7. The van der Waals surface area contributed by atoms with E-state index in [9.17, 15) is 0 Å². The molecule has 0 spiro atoms. The average molecular weight is 136 g/mol. The SMILES string of the molecule is CCCCC.C[C-](C)C.[Li+]. The molecule has 0 saturated carbocycles. The van der Waals surface area contributed by atoms with Crippen LogP contribution in [0.3, 0.4) is 0 Å². The van der Waals surface area contributed by atoms with Gasteiger partial charge in [0.25, 0.3) is 0 Å². The van der Waals surface area contributed by atoms with Crippen molar-refractivity contribution in [2.75, 3.05) is 0 Å². The molecule has 0 bridgehead atoms. The summed E-state index contributed by atoms with van der Waals surface area (Å²) < 4.78 is 0. The summed E-state index contributed by atoms with van der Waals surface area (Å²) in [6.07, 6.45) is 4.08. The van der Waals surface area contributed by atoms with Gasteiger partial charge in [-0.2, -0.15) is 20.8 Å². The summed E-state index contributed by atoms with van der Waals surface area (Å²) in [5.41, 5.74) is 0. The molecule has 0 aliphatic carbocycles. The molecule has 0 aromatic rings. The van der Waals surface area contributed by atoms with Crippen molar-refractivity contribution in [3.8, 4) is 0 Å². The van der Waals surface area contributed by atoms with Crippen LogP contribution in [0, 0.1) is 5.92 Å². The molecule has 0 heterocycles. The van der Waals surface area contributed by atoms with Gasteiger partial charge in [-0.3, -0.25) is 0 Å². The van der Waals surface area contributed by atoms with E-state index in [4.69, 9.17) is 0 Å². The second-order valence-corrected chi connectivity index (χ2v) is 2.85. The first-order chi connectivity index (χ1) is 4.15. The van der Waals surface area contributed by atoms with E-state index in [1.165, 1.54) is 25.2 Å². The zero-order valence-corrected chi connectivity index (χ0v) is 8.62. The van der Waals surface area contributed by atoms with Gasteiger partial charge in [0.1, 0.15) is 0 Å². The van der Waals surface area contributed by atoms with Gasteiger partial charge in [0.2, 0.25) is 0 Å². The third-order valence-electron chi connectivity index (χ3n) is 0.707. The molecule has 0 N–H and O–H groups in total. The predicted octanol–water partition coefficient (Wildman–Crippen LogP) is 0.821. The largest absolute Gasteiger partial charge is 1.00 e. The van der Waals surface area contributed by atoms with Crippen molar-refractivity contribution in [1.82, 2.24) is 0 Å². The Balaban J connectivity index is -0.0000000910. The predicted molar refractivity (Wildman–Crippen MR) is 45.5 cm³/mol. The zero-order chi connectivity index (χ0) is 7.70. The maximum atomic E-state index is 2.21. The average Bonchev–Trinajstić information content (AvgIpc) is 1.66. The van der Waals surface area contributed by atoms with E-state index in [2.05, 4.69) is 34.6 Å². The minimum absolute atomic E-state index is 0. The fourth-order valence-corrected chi connectivity index (χ4v) is 0.354. The van der Waals surface area contributed by atoms with E-state index in [1.54, 1.807) is 0 Å². The summed E-state index contributed by atoms with van der Waals surface area (Å²) >= 11 is 0. The molecule has 0 amide bonds. The van der Waals surface area contributed by atoms with Crippen LogP contribution in [0.1, 0.15) is 53.9 Å². The van der Waals surface area contributed by atoms with Crippen LogP contribution in [-0.4, -0.2) is 0 Å². The van der Waals surface area contributed by atoms with Crippen molar-refractivity contribution in [3.05, 3.63) is 5.92 Å². The topological polar surface area (TPSA) is 0 Å². The van der Waals surface area contributed by atoms with E-state index in [1.807, 2.05) is 0 Å². The summed E-state index contributed by atoms with van der Waals surface area (Å²) in [6, 6.07) is 0. The quantitative estimate of drug-likeness (QED) is 0.389.